The summed E-state index contributed by atoms with van der Waals surface area (Å²) in [6.07, 6.45) is 9.01. The van der Waals surface area contributed by atoms with Crippen LogP contribution < -0.4 is 4.74 Å². The van der Waals surface area contributed by atoms with Gasteiger partial charge in [-0.05, 0) is 62.6 Å². The lowest BCUT2D eigenvalue weighted by molar-refractivity contribution is -0.137. The normalized spacial score (nSPS) is 22.8. The number of nitrogens with zero attached hydrogens (tertiary/aromatic N) is 1. The summed E-state index contributed by atoms with van der Waals surface area (Å²) in [4.78, 5) is 18.6. The van der Waals surface area contributed by atoms with Gasteiger partial charge in [0.2, 0.25) is 5.91 Å². The van der Waals surface area contributed by atoms with Crippen LogP contribution in [0.15, 0.2) is 24.4 Å². The minimum atomic E-state index is 0. The molecule has 1 aliphatic heterocycles. The molecule has 1 saturated heterocycles. The summed E-state index contributed by atoms with van der Waals surface area (Å²) in [7, 11) is 0. The molecule has 2 aliphatic rings. The van der Waals surface area contributed by atoms with Crippen LogP contribution in [0.4, 0.5) is 0 Å². The molecule has 1 aromatic heterocycles. The van der Waals surface area contributed by atoms with Gasteiger partial charge >= 0.3 is 0 Å². The second-order valence-electron chi connectivity index (χ2n) is 8.76. The summed E-state index contributed by atoms with van der Waals surface area (Å²) < 4.78 is 6.04. The Balaban J connectivity index is 0.00000225. The van der Waals surface area contributed by atoms with Crippen LogP contribution in [0, 0.1) is 5.92 Å². The number of aromatic nitrogens is 1. The fourth-order valence-electron chi connectivity index (χ4n) is 5.05. The van der Waals surface area contributed by atoms with E-state index in [1.54, 1.807) is 0 Å². The van der Waals surface area contributed by atoms with Crippen molar-refractivity contribution < 1.29 is 9.53 Å². The second kappa shape index (κ2) is 8.59. The number of piperidine rings is 1. The van der Waals surface area contributed by atoms with Crippen LogP contribution in [0.1, 0.15) is 78.2 Å². The van der Waals surface area contributed by atoms with Crippen LogP contribution in [-0.2, 0) is 4.79 Å². The number of amides is 1. The molecule has 2 aromatic rings. The van der Waals surface area contributed by atoms with Crippen molar-refractivity contribution in [3.63, 3.8) is 0 Å². The molecule has 1 amide bonds. The highest BCUT2D eigenvalue weighted by Crippen LogP contribution is 2.38. The van der Waals surface area contributed by atoms with Crippen molar-refractivity contribution in [1.29, 1.82) is 0 Å². The molecule has 2 heterocycles. The number of aromatic amines is 1. The maximum atomic E-state index is 13.1. The molecule has 2 fully saturated rings. The predicted molar refractivity (Wildman–Crippen MR) is 116 cm³/mol. The van der Waals surface area contributed by atoms with Gasteiger partial charge in [0.15, 0.2) is 0 Å². The van der Waals surface area contributed by atoms with Crippen molar-refractivity contribution in [2.75, 3.05) is 6.54 Å². The highest BCUT2D eigenvalue weighted by Gasteiger charge is 2.34. The maximum absolute atomic E-state index is 13.1. The number of H-pyrrole nitrogens is 1. The Morgan fingerprint density at radius 2 is 2.07 bits per heavy atom. The molecule has 0 spiro atoms. The van der Waals surface area contributed by atoms with Gasteiger partial charge < -0.3 is 14.6 Å². The summed E-state index contributed by atoms with van der Waals surface area (Å²) in [5.41, 5.74) is 2.27. The Morgan fingerprint density at radius 1 is 1.25 bits per heavy atom. The highest BCUT2D eigenvalue weighted by atomic mass is 16.5. The van der Waals surface area contributed by atoms with E-state index < -0.39 is 0 Å². The lowest BCUT2D eigenvalue weighted by Gasteiger charge is -2.43. The minimum Gasteiger partial charge on any atom is -0.490 e. The first-order valence-corrected chi connectivity index (χ1v) is 10.6. The van der Waals surface area contributed by atoms with Gasteiger partial charge in [0.25, 0.3) is 0 Å². The predicted octanol–water partition coefficient (Wildman–Crippen LogP) is 5.88. The van der Waals surface area contributed by atoms with Crippen LogP contribution in [-0.4, -0.2) is 34.5 Å². The first-order valence-electron chi connectivity index (χ1n) is 10.6. The topological polar surface area (TPSA) is 45.3 Å². The maximum Gasteiger partial charge on any atom is 0.223 e. The number of benzene rings is 1. The van der Waals surface area contributed by atoms with Gasteiger partial charge in [-0.2, -0.15) is 0 Å². The molecular formula is C24H36N2O2. The van der Waals surface area contributed by atoms with E-state index in [1.807, 2.05) is 26.0 Å². The van der Waals surface area contributed by atoms with E-state index in [2.05, 4.69) is 29.1 Å². The molecule has 28 heavy (non-hydrogen) atoms. The molecule has 4 heteroatoms. The van der Waals surface area contributed by atoms with Crippen LogP contribution in [0.5, 0.6) is 5.75 Å². The third-order valence-electron chi connectivity index (χ3n) is 6.37. The Bertz CT molecular complexity index is 810. The van der Waals surface area contributed by atoms with Crippen molar-refractivity contribution in [3.8, 4) is 5.75 Å². The Kier molecular flexibility index (Phi) is 6.36. The summed E-state index contributed by atoms with van der Waals surface area (Å²) >= 11 is 0. The SMILES string of the molecule is C.CC(C)Oc1cccc2[nH]cc(C(C)CC(=O)N3CCC4CCCC3C4)c12. The molecule has 2 bridgehead atoms. The number of carbonyl (C=O) groups excluding carboxylic acids is 1. The fourth-order valence-corrected chi connectivity index (χ4v) is 5.05. The molecule has 1 aromatic carbocycles. The average molecular weight is 385 g/mol. The van der Waals surface area contributed by atoms with Gasteiger partial charge in [0.1, 0.15) is 5.75 Å². The summed E-state index contributed by atoms with van der Waals surface area (Å²) in [6, 6.07) is 6.61. The van der Waals surface area contributed by atoms with E-state index in [0.717, 1.165) is 29.1 Å². The third kappa shape index (κ3) is 4.06. The molecule has 1 N–H and O–H groups in total. The van der Waals surface area contributed by atoms with Crippen LogP contribution >= 0.6 is 0 Å². The van der Waals surface area contributed by atoms with E-state index >= 15 is 0 Å². The molecule has 3 atom stereocenters. The Hall–Kier alpha value is -1.97. The number of nitrogens with one attached hydrogen (secondary N) is 1. The monoisotopic (exact) mass is 384 g/mol. The average Bonchev–Trinajstić information content (AvgIpc) is 3.07. The van der Waals surface area contributed by atoms with E-state index in [9.17, 15) is 4.79 Å². The fraction of sp³-hybridized carbons (Fsp3) is 0.625. The molecule has 4 nitrogen and oxygen atoms in total. The molecule has 4 rings (SSSR count). The van der Waals surface area contributed by atoms with E-state index in [-0.39, 0.29) is 19.4 Å². The van der Waals surface area contributed by atoms with Crippen molar-refractivity contribution in [2.24, 2.45) is 5.92 Å². The summed E-state index contributed by atoms with van der Waals surface area (Å²) in [6.45, 7) is 7.22. The zero-order valence-electron chi connectivity index (χ0n) is 16.8. The van der Waals surface area contributed by atoms with Crippen molar-refractivity contribution >= 4 is 16.8 Å². The lowest BCUT2D eigenvalue weighted by Crippen LogP contribution is -2.48. The minimum absolute atomic E-state index is 0. The van der Waals surface area contributed by atoms with Crippen molar-refractivity contribution in [2.45, 2.75) is 84.8 Å². The number of likely N-dealkylation sites (tertiary alicyclic amines) is 1. The first kappa shape index (κ1) is 20.8. The molecule has 0 radical (unpaired) electrons. The zero-order chi connectivity index (χ0) is 19.0. The van der Waals surface area contributed by atoms with Crippen LogP contribution in [0.3, 0.4) is 0 Å². The number of fused-ring (bicyclic) bond motifs is 3. The zero-order valence-corrected chi connectivity index (χ0v) is 16.8. The van der Waals surface area contributed by atoms with Gasteiger partial charge in [0, 0.05) is 36.1 Å². The lowest BCUT2D eigenvalue weighted by atomic mass is 9.79. The molecule has 1 aliphatic carbocycles. The van der Waals surface area contributed by atoms with Crippen molar-refractivity contribution in [3.05, 3.63) is 30.0 Å². The molecule has 3 unspecified atom stereocenters. The second-order valence-corrected chi connectivity index (χ2v) is 8.76. The van der Waals surface area contributed by atoms with E-state index in [4.69, 9.17) is 4.74 Å². The third-order valence-corrected chi connectivity index (χ3v) is 6.37. The van der Waals surface area contributed by atoms with Crippen molar-refractivity contribution in [1.82, 2.24) is 9.88 Å². The van der Waals surface area contributed by atoms with Gasteiger partial charge in [-0.25, -0.2) is 0 Å². The number of hydrogen-bond acceptors (Lipinski definition) is 2. The first-order chi connectivity index (χ1) is 13.0. The Labute approximate surface area is 169 Å². The number of hydrogen-bond donors (Lipinski definition) is 1. The number of rotatable bonds is 5. The Morgan fingerprint density at radius 3 is 2.86 bits per heavy atom. The largest absolute Gasteiger partial charge is 0.490 e. The standard InChI is InChI=1S/C23H32N2O2.CH4/c1-15(2)27-21-9-5-8-20-23(21)19(14-24-20)16(3)12-22(26)25-11-10-17-6-4-7-18(25)13-17;/h5,8-9,14-18,24H,4,6-7,10-13H2,1-3H3;1H4. The van der Waals surface area contributed by atoms with E-state index in [0.29, 0.717) is 18.4 Å². The quantitative estimate of drug-likeness (QED) is 0.700. The molecule has 154 valence electrons. The van der Waals surface area contributed by atoms with Gasteiger partial charge in [-0.15, -0.1) is 0 Å². The number of ether oxygens (including phenoxy) is 1. The highest BCUT2D eigenvalue weighted by molar-refractivity contribution is 5.90. The molecule has 1 saturated carbocycles. The van der Waals surface area contributed by atoms with Gasteiger partial charge in [-0.3, -0.25) is 4.79 Å². The smallest absolute Gasteiger partial charge is 0.223 e. The van der Waals surface area contributed by atoms with Gasteiger partial charge in [-0.1, -0.05) is 33.3 Å². The summed E-state index contributed by atoms with van der Waals surface area (Å²) in [5.74, 6) is 2.26. The molecular weight excluding hydrogens is 348 g/mol. The van der Waals surface area contributed by atoms with E-state index in [1.165, 1.54) is 37.7 Å². The number of carbonyl (C=O) groups is 1. The van der Waals surface area contributed by atoms with Crippen LogP contribution in [0.25, 0.3) is 10.9 Å². The van der Waals surface area contributed by atoms with Gasteiger partial charge in [0.05, 0.1) is 6.10 Å². The summed E-state index contributed by atoms with van der Waals surface area (Å²) in [5, 5.41) is 1.13. The van der Waals surface area contributed by atoms with Crippen LogP contribution in [0.2, 0.25) is 0 Å².